The molecule has 3 aromatic rings. The van der Waals surface area contributed by atoms with Gasteiger partial charge in [-0.25, -0.2) is 4.98 Å². The van der Waals surface area contributed by atoms with E-state index in [9.17, 15) is 0 Å². The van der Waals surface area contributed by atoms with Gasteiger partial charge >= 0.3 is 0 Å². The number of hydrogen-bond acceptors (Lipinski definition) is 0. The van der Waals surface area contributed by atoms with Gasteiger partial charge in [-0.15, -0.1) is 0 Å². The van der Waals surface area contributed by atoms with E-state index in [1.165, 1.54) is 52.4 Å². The zero-order valence-corrected chi connectivity index (χ0v) is 12.3. The SMILES string of the molecule is C[NH2+]CCCCc1c[nH+]c(C)c2[nH]c3ccccc3c12. The van der Waals surface area contributed by atoms with Crippen LogP contribution in [0.2, 0.25) is 0 Å². The average Bonchev–Trinajstić information content (AvgIpc) is 2.86. The molecule has 0 aliphatic carbocycles. The quantitative estimate of drug-likeness (QED) is 0.665. The molecule has 0 unspecified atom stereocenters. The van der Waals surface area contributed by atoms with Crippen molar-refractivity contribution in [2.45, 2.75) is 26.2 Å². The van der Waals surface area contributed by atoms with Crippen LogP contribution in [0, 0.1) is 6.92 Å². The third kappa shape index (κ3) is 2.29. The second-order valence-corrected chi connectivity index (χ2v) is 5.51. The van der Waals surface area contributed by atoms with Gasteiger partial charge in [0.1, 0.15) is 5.52 Å². The maximum absolute atomic E-state index is 3.55. The van der Waals surface area contributed by atoms with E-state index in [-0.39, 0.29) is 0 Å². The molecule has 0 saturated heterocycles. The number of para-hydroxylation sites is 1. The molecule has 104 valence electrons. The van der Waals surface area contributed by atoms with Crippen molar-refractivity contribution in [1.29, 1.82) is 0 Å². The summed E-state index contributed by atoms with van der Waals surface area (Å²) in [6.07, 6.45) is 5.85. The number of aryl methyl sites for hydroxylation is 2. The van der Waals surface area contributed by atoms with Crippen LogP contribution in [0.3, 0.4) is 0 Å². The summed E-state index contributed by atoms with van der Waals surface area (Å²) in [5.74, 6) is 0. The normalized spacial score (nSPS) is 11.5. The lowest BCUT2D eigenvalue weighted by atomic mass is 10.0. The Hall–Kier alpha value is -1.87. The predicted octanol–water partition coefficient (Wildman–Crippen LogP) is 1.96. The highest BCUT2D eigenvalue weighted by Gasteiger charge is 2.14. The van der Waals surface area contributed by atoms with Crippen molar-refractivity contribution in [3.63, 3.8) is 0 Å². The van der Waals surface area contributed by atoms with Crippen LogP contribution in [-0.2, 0) is 6.42 Å². The van der Waals surface area contributed by atoms with Gasteiger partial charge in [0.2, 0.25) is 5.69 Å². The van der Waals surface area contributed by atoms with E-state index in [0.29, 0.717) is 0 Å². The summed E-state index contributed by atoms with van der Waals surface area (Å²) in [6.45, 7) is 3.35. The number of benzene rings is 1. The van der Waals surface area contributed by atoms with Crippen LogP contribution in [0.1, 0.15) is 24.1 Å². The third-order valence-electron chi connectivity index (χ3n) is 4.05. The molecule has 0 atom stereocenters. The molecule has 1 aromatic carbocycles. The molecule has 3 nitrogen and oxygen atoms in total. The van der Waals surface area contributed by atoms with Gasteiger partial charge < -0.3 is 10.3 Å². The zero-order valence-electron chi connectivity index (χ0n) is 12.3. The van der Waals surface area contributed by atoms with Gasteiger partial charge in [0.25, 0.3) is 0 Å². The van der Waals surface area contributed by atoms with E-state index < -0.39 is 0 Å². The van der Waals surface area contributed by atoms with Gasteiger partial charge in [0.15, 0.2) is 6.20 Å². The van der Waals surface area contributed by atoms with Crippen molar-refractivity contribution in [1.82, 2.24) is 4.98 Å². The number of hydrogen-bond donors (Lipinski definition) is 2. The van der Waals surface area contributed by atoms with E-state index in [1.54, 1.807) is 0 Å². The first-order valence-corrected chi connectivity index (χ1v) is 7.49. The number of fused-ring (bicyclic) bond motifs is 3. The van der Waals surface area contributed by atoms with E-state index in [4.69, 9.17) is 0 Å². The fourth-order valence-electron chi connectivity index (χ4n) is 2.96. The Balaban J connectivity index is 2.05. The van der Waals surface area contributed by atoms with Gasteiger partial charge in [0, 0.05) is 28.8 Å². The second-order valence-electron chi connectivity index (χ2n) is 5.51. The Bertz CT molecular complexity index is 728. The number of nitrogens with one attached hydrogen (secondary N) is 2. The molecule has 0 radical (unpaired) electrons. The van der Waals surface area contributed by atoms with Crippen molar-refractivity contribution in [3.05, 3.63) is 41.7 Å². The van der Waals surface area contributed by atoms with Crippen molar-refractivity contribution < 1.29 is 10.3 Å². The monoisotopic (exact) mass is 269 g/mol. The van der Waals surface area contributed by atoms with Crippen LogP contribution in [0.25, 0.3) is 21.8 Å². The molecule has 20 heavy (non-hydrogen) atoms. The molecule has 0 fully saturated rings. The van der Waals surface area contributed by atoms with Crippen LogP contribution in [-0.4, -0.2) is 18.6 Å². The van der Waals surface area contributed by atoms with E-state index in [1.807, 2.05) is 0 Å². The van der Waals surface area contributed by atoms with Crippen molar-refractivity contribution >= 4 is 21.8 Å². The second kappa shape index (κ2) is 5.63. The van der Waals surface area contributed by atoms with Crippen LogP contribution in [0.4, 0.5) is 0 Å². The average molecular weight is 269 g/mol. The molecule has 0 bridgehead atoms. The summed E-state index contributed by atoms with van der Waals surface area (Å²) in [5, 5.41) is 5.00. The fourth-order valence-corrected chi connectivity index (χ4v) is 2.96. The Morgan fingerprint density at radius 2 is 2.05 bits per heavy atom. The maximum atomic E-state index is 3.55. The Labute approximate surface area is 119 Å². The maximum Gasteiger partial charge on any atom is 0.200 e. The van der Waals surface area contributed by atoms with Gasteiger partial charge in [-0.05, 0) is 25.3 Å². The number of H-pyrrole nitrogens is 2. The summed E-state index contributed by atoms with van der Waals surface area (Å²) in [4.78, 5) is 6.96. The number of aromatic nitrogens is 2. The van der Waals surface area contributed by atoms with Gasteiger partial charge in [-0.1, -0.05) is 18.2 Å². The lowest BCUT2D eigenvalue weighted by Gasteiger charge is -2.02. The topological polar surface area (TPSA) is 46.5 Å². The number of pyridine rings is 1. The van der Waals surface area contributed by atoms with Crippen LogP contribution in [0.5, 0.6) is 0 Å². The van der Waals surface area contributed by atoms with E-state index in [0.717, 1.165) is 6.42 Å². The van der Waals surface area contributed by atoms with E-state index in [2.05, 4.69) is 59.7 Å². The lowest BCUT2D eigenvalue weighted by Crippen LogP contribution is -2.79. The number of aromatic amines is 2. The number of quaternary nitrogens is 1. The Kier molecular flexibility index (Phi) is 3.70. The van der Waals surface area contributed by atoms with Gasteiger partial charge in [0.05, 0.1) is 13.6 Å². The first kappa shape index (κ1) is 13.1. The molecule has 4 N–H and O–H groups in total. The zero-order chi connectivity index (χ0) is 13.9. The van der Waals surface area contributed by atoms with Crippen LogP contribution >= 0.6 is 0 Å². The summed E-state index contributed by atoms with van der Waals surface area (Å²) in [5.41, 5.74) is 5.13. The molecule has 0 aliphatic rings. The minimum atomic E-state index is 1.14. The summed E-state index contributed by atoms with van der Waals surface area (Å²) in [7, 11) is 2.14. The summed E-state index contributed by atoms with van der Waals surface area (Å²) < 4.78 is 0. The van der Waals surface area contributed by atoms with E-state index >= 15 is 0 Å². The molecule has 2 heterocycles. The molecule has 0 saturated carbocycles. The van der Waals surface area contributed by atoms with Gasteiger partial charge in [-0.2, -0.15) is 0 Å². The minimum Gasteiger partial charge on any atom is -0.349 e. The first-order chi connectivity index (χ1) is 9.81. The highest BCUT2D eigenvalue weighted by molar-refractivity contribution is 6.09. The molecule has 0 amide bonds. The molecule has 0 spiro atoms. The van der Waals surface area contributed by atoms with Crippen molar-refractivity contribution in [2.24, 2.45) is 0 Å². The molecular formula is C17H23N3+2. The summed E-state index contributed by atoms with van der Waals surface area (Å²) in [6, 6.07) is 8.59. The fraction of sp³-hybridized carbons (Fsp3) is 0.353. The Morgan fingerprint density at radius 1 is 1.20 bits per heavy atom. The number of nitrogens with two attached hydrogens (primary N) is 1. The molecule has 3 heteroatoms. The lowest BCUT2D eigenvalue weighted by molar-refractivity contribution is -0.627. The minimum absolute atomic E-state index is 1.14. The Morgan fingerprint density at radius 3 is 2.90 bits per heavy atom. The van der Waals surface area contributed by atoms with Gasteiger partial charge in [-0.3, -0.25) is 0 Å². The predicted molar refractivity (Wildman–Crippen MR) is 82.8 cm³/mol. The smallest absolute Gasteiger partial charge is 0.200 e. The molecule has 0 aliphatic heterocycles. The van der Waals surface area contributed by atoms with Crippen LogP contribution < -0.4 is 10.3 Å². The van der Waals surface area contributed by atoms with Crippen molar-refractivity contribution in [2.75, 3.05) is 13.6 Å². The first-order valence-electron chi connectivity index (χ1n) is 7.49. The third-order valence-corrected chi connectivity index (χ3v) is 4.05. The van der Waals surface area contributed by atoms with Crippen molar-refractivity contribution in [3.8, 4) is 0 Å². The number of rotatable bonds is 5. The molecule has 2 aromatic heterocycles. The molecule has 3 rings (SSSR count). The standard InChI is InChI=1S/C17H21N3/c1-12-17-16(14-8-3-4-9-15(14)20-17)13(11-19-12)7-5-6-10-18-2/h3-4,8-9,11,18,20H,5-7,10H2,1-2H3/p+2. The molecular weight excluding hydrogens is 246 g/mol. The van der Waals surface area contributed by atoms with Crippen LogP contribution in [0.15, 0.2) is 30.5 Å². The summed E-state index contributed by atoms with van der Waals surface area (Å²) >= 11 is 0. The largest absolute Gasteiger partial charge is 0.349 e. The number of unbranched alkanes of at least 4 members (excludes halogenated alkanes) is 1. The highest BCUT2D eigenvalue weighted by atomic mass is 14.8. The highest BCUT2D eigenvalue weighted by Crippen LogP contribution is 2.29.